The summed E-state index contributed by atoms with van der Waals surface area (Å²) >= 11 is 0.800. The molecule has 10 heavy (non-hydrogen) atoms. The average molecular weight is 159 g/mol. The molecule has 0 aliphatic carbocycles. The Labute approximate surface area is 61.3 Å². The van der Waals surface area contributed by atoms with E-state index in [0.29, 0.717) is 0 Å². The van der Waals surface area contributed by atoms with Crippen molar-refractivity contribution in [2.45, 2.75) is 0 Å². The first-order valence-corrected chi connectivity index (χ1v) is 3.40. The minimum Gasteiger partial charge on any atom is -0.392 e. The number of carbonyl (C=O) groups excluding carboxylic acids is 2. The first-order chi connectivity index (χ1) is 4.74. The van der Waals surface area contributed by atoms with Gasteiger partial charge in [0.2, 0.25) is 0 Å². The van der Waals surface area contributed by atoms with Crippen molar-refractivity contribution in [2.75, 3.05) is 6.61 Å². The molecule has 1 saturated heterocycles. The van der Waals surface area contributed by atoms with E-state index in [1.165, 1.54) is 6.08 Å². The van der Waals surface area contributed by atoms with Crippen LogP contribution in [-0.4, -0.2) is 22.9 Å². The van der Waals surface area contributed by atoms with Crippen molar-refractivity contribution in [1.29, 1.82) is 0 Å². The summed E-state index contributed by atoms with van der Waals surface area (Å²) in [4.78, 5) is 21.4. The standard InChI is InChI=1S/C5H5NO3S/c7-2-1-3-4(8)6-5(9)10-3/h1,7H,2H2,(H,6,8,9)/b3-1+. The Balaban J connectivity index is 2.72. The van der Waals surface area contributed by atoms with E-state index in [-0.39, 0.29) is 16.8 Å². The smallest absolute Gasteiger partial charge is 0.290 e. The van der Waals surface area contributed by atoms with Crippen LogP contribution in [0.5, 0.6) is 0 Å². The number of hydrogen-bond donors (Lipinski definition) is 2. The van der Waals surface area contributed by atoms with Crippen molar-refractivity contribution in [3.8, 4) is 0 Å². The topological polar surface area (TPSA) is 66.4 Å². The second-order valence-corrected chi connectivity index (χ2v) is 2.61. The molecule has 1 heterocycles. The third kappa shape index (κ3) is 1.37. The summed E-state index contributed by atoms with van der Waals surface area (Å²) in [7, 11) is 0. The fourth-order valence-electron chi connectivity index (χ4n) is 0.543. The molecule has 0 unspecified atom stereocenters. The van der Waals surface area contributed by atoms with Gasteiger partial charge in [-0.05, 0) is 17.8 Å². The Hall–Kier alpha value is -0.810. The predicted octanol–water partition coefficient (Wildman–Crippen LogP) is -0.154. The van der Waals surface area contributed by atoms with Crippen molar-refractivity contribution in [2.24, 2.45) is 0 Å². The van der Waals surface area contributed by atoms with Gasteiger partial charge in [-0.3, -0.25) is 14.9 Å². The van der Waals surface area contributed by atoms with Gasteiger partial charge in [-0.1, -0.05) is 0 Å². The highest BCUT2D eigenvalue weighted by Gasteiger charge is 2.24. The first kappa shape index (κ1) is 7.30. The molecule has 54 valence electrons. The second-order valence-electron chi connectivity index (χ2n) is 1.59. The van der Waals surface area contributed by atoms with Gasteiger partial charge in [0.05, 0.1) is 11.5 Å². The Morgan fingerprint density at radius 2 is 2.30 bits per heavy atom. The van der Waals surface area contributed by atoms with Crippen molar-refractivity contribution in [3.63, 3.8) is 0 Å². The summed E-state index contributed by atoms with van der Waals surface area (Å²) < 4.78 is 0. The minimum absolute atomic E-state index is 0.219. The molecule has 0 aromatic carbocycles. The van der Waals surface area contributed by atoms with Crippen LogP contribution in [0.1, 0.15) is 0 Å². The lowest BCUT2D eigenvalue weighted by Crippen LogP contribution is -2.17. The van der Waals surface area contributed by atoms with E-state index in [2.05, 4.69) is 5.32 Å². The molecule has 0 bridgehead atoms. The van der Waals surface area contributed by atoms with Crippen LogP contribution in [0.4, 0.5) is 4.79 Å². The van der Waals surface area contributed by atoms with Crippen molar-refractivity contribution < 1.29 is 14.7 Å². The number of amides is 2. The van der Waals surface area contributed by atoms with Gasteiger partial charge in [0.15, 0.2) is 0 Å². The fraction of sp³-hybridized carbons (Fsp3) is 0.200. The van der Waals surface area contributed by atoms with Gasteiger partial charge in [-0.2, -0.15) is 0 Å². The molecule has 1 rings (SSSR count). The number of aliphatic hydroxyl groups is 1. The van der Waals surface area contributed by atoms with Crippen molar-refractivity contribution in [3.05, 3.63) is 11.0 Å². The van der Waals surface area contributed by atoms with Crippen LogP contribution in [0.3, 0.4) is 0 Å². The van der Waals surface area contributed by atoms with Crippen molar-refractivity contribution in [1.82, 2.24) is 5.32 Å². The Bertz CT molecular complexity index is 211. The number of imide groups is 1. The number of aliphatic hydroxyl groups excluding tert-OH is 1. The molecule has 0 saturated carbocycles. The van der Waals surface area contributed by atoms with Gasteiger partial charge in [-0.25, -0.2) is 0 Å². The van der Waals surface area contributed by atoms with Crippen LogP contribution in [-0.2, 0) is 4.79 Å². The van der Waals surface area contributed by atoms with Gasteiger partial charge >= 0.3 is 0 Å². The van der Waals surface area contributed by atoms with Gasteiger partial charge in [0, 0.05) is 0 Å². The number of hydrogen-bond acceptors (Lipinski definition) is 4. The Kier molecular flexibility index (Phi) is 2.08. The summed E-state index contributed by atoms with van der Waals surface area (Å²) in [6, 6.07) is 0. The number of carbonyl (C=O) groups is 2. The Morgan fingerprint density at radius 3 is 2.70 bits per heavy atom. The molecule has 2 amide bonds. The van der Waals surface area contributed by atoms with Gasteiger partial charge < -0.3 is 5.11 Å². The first-order valence-electron chi connectivity index (χ1n) is 2.58. The highest BCUT2D eigenvalue weighted by molar-refractivity contribution is 8.18. The van der Waals surface area contributed by atoms with Gasteiger partial charge in [0.1, 0.15) is 0 Å². The van der Waals surface area contributed by atoms with Crippen LogP contribution in [0.2, 0.25) is 0 Å². The van der Waals surface area contributed by atoms with Gasteiger partial charge in [-0.15, -0.1) is 0 Å². The molecule has 0 aromatic rings. The summed E-state index contributed by atoms with van der Waals surface area (Å²) in [5.74, 6) is -0.427. The summed E-state index contributed by atoms with van der Waals surface area (Å²) in [5.41, 5.74) is 0. The molecular weight excluding hydrogens is 154 g/mol. The monoisotopic (exact) mass is 159 g/mol. The van der Waals surface area contributed by atoms with E-state index in [0.717, 1.165) is 11.8 Å². The number of rotatable bonds is 1. The highest BCUT2D eigenvalue weighted by Crippen LogP contribution is 2.21. The van der Waals surface area contributed by atoms with E-state index in [4.69, 9.17) is 5.11 Å². The summed E-state index contributed by atoms with van der Waals surface area (Å²) in [6.45, 7) is -0.219. The SMILES string of the molecule is O=C1NC(=O)/C(=C\CO)S1. The summed E-state index contributed by atoms with van der Waals surface area (Å²) in [6.07, 6.45) is 1.30. The molecule has 2 N–H and O–H groups in total. The average Bonchev–Trinajstić information content (AvgIpc) is 2.13. The Morgan fingerprint density at radius 1 is 1.60 bits per heavy atom. The van der Waals surface area contributed by atoms with Crippen LogP contribution in [0.15, 0.2) is 11.0 Å². The zero-order chi connectivity index (χ0) is 7.56. The minimum atomic E-state index is -0.427. The molecule has 4 nitrogen and oxygen atoms in total. The molecule has 0 atom stereocenters. The van der Waals surface area contributed by atoms with Crippen LogP contribution in [0, 0.1) is 0 Å². The molecule has 1 aliphatic rings. The fourth-order valence-corrected chi connectivity index (χ4v) is 1.19. The maximum Gasteiger partial charge on any atom is 0.290 e. The lowest BCUT2D eigenvalue weighted by molar-refractivity contribution is -0.115. The van der Waals surface area contributed by atoms with E-state index in [9.17, 15) is 9.59 Å². The normalized spacial score (nSPS) is 21.9. The molecule has 5 heteroatoms. The van der Waals surface area contributed by atoms with E-state index in [1.54, 1.807) is 0 Å². The van der Waals surface area contributed by atoms with E-state index >= 15 is 0 Å². The van der Waals surface area contributed by atoms with Crippen LogP contribution >= 0.6 is 11.8 Å². The molecular formula is C5H5NO3S. The predicted molar refractivity (Wildman–Crippen MR) is 36.3 cm³/mol. The molecule has 0 aromatic heterocycles. The lowest BCUT2D eigenvalue weighted by Gasteiger charge is -1.84. The second kappa shape index (κ2) is 2.85. The van der Waals surface area contributed by atoms with Crippen LogP contribution in [0.25, 0.3) is 0 Å². The van der Waals surface area contributed by atoms with Crippen molar-refractivity contribution >= 4 is 22.9 Å². The zero-order valence-electron chi connectivity index (χ0n) is 4.96. The zero-order valence-corrected chi connectivity index (χ0v) is 5.77. The third-order valence-corrected chi connectivity index (χ3v) is 1.78. The van der Waals surface area contributed by atoms with E-state index < -0.39 is 5.91 Å². The highest BCUT2D eigenvalue weighted by atomic mass is 32.2. The van der Waals surface area contributed by atoms with Crippen LogP contribution < -0.4 is 5.32 Å². The summed E-state index contributed by atoms with van der Waals surface area (Å²) in [5, 5.41) is 10.0. The lowest BCUT2D eigenvalue weighted by atomic mass is 10.5. The molecule has 0 spiro atoms. The largest absolute Gasteiger partial charge is 0.392 e. The molecule has 1 aliphatic heterocycles. The van der Waals surface area contributed by atoms with Gasteiger partial charge in [0.25, 0.3) is 11.1 Å². The maximum atomic E-state index is 10.6. The maximum absolute atomic E-state index is 10.6. The quantitative estimate of drug-likeness (QED) is 0.522. The molecule has 1 fully saturated rings. The third-order valence-electron chi connectivity index (χ3n) is 0.919. The number of nitrogens with one attached hydrogen (secondary N) is 1. The molecule has 0 radical (unpaired) electrons. The van der Waals surface area contributed by atoms with E-state index in [1.807, 2.05) is 0 Å². The number of thioether (sulfide) groups is 1.